The van der Waals surface area contributed by atoms with Gasteiger partial charge in [0, 0.05) is 12.5 Å². The predicted molar refractivity (Wildman–Crippen MR) is 69.8 cm³/mol. The number of ether oxygens (including phenoxy) is 1. The van der Waals surface area contributed by atoms with E-state index in [4.69, 9.17) is 0 Å². The standard InChI is InChI=1S/C13H21N3O3/c1-9-14-15-13(18)16(9)11-6-3-10(4-7-11)5-8-12(17)19-2/h10-11H,3-8H2,1-2H3,(H,15,18). The van der Waals surface area contributed by atoms with Crippen LogP contribution in [0.15, 0.2) is 4.79 Å². The van der Waals surface area contributed by atoms with E-state index in [0.717, 1.165) is 37.9 Å². The lowest BCUT2D eigenvalue weighted by Crippen LogP contribution is -2.27. The first kappa shape index (κ1) is 13.8. The van der Waals surface area contributed by atoms with Gasteiger partial charge in [-0.15, -0.1) is 0 Å². The third-order valence-corrected chi connectivity index (χ3v) is 4.05. The quantitative estimate of drug-likeness (QED) is 0.840. The molecular weight excluding hydrogens is 246 g/mol. The number of aryl methyl sites for hydroxylation is 1. The number of H-pyrrole nitrogens is 1. The van der Waals surface area contributed by atoms with Crippen LogP contribution in [0.1, 0.15) is 50.4 Å². The molecule has 0 aliphatic heterocycles. The molecule has 0 saturated heterocycles. The maximum absolute atomic E-state index is 11.7. The molecule has 0 bridgehead atoms. The molecule has 1 fully saturated rings. The molecule has 1 saturated carbocycles. The van der Waals surface area contributed by atoms with Gasteiger partial charge in [-0.3, -0.25) is 9.36 Å². The van der Waals surface area contributed by atoms with Gasteiger partial charge in [0.25, 0.3) is 0 Å². The van der Waals surface area contributed by atoms with Crippen LogP contribution >= 0.6 is 0 Å². The molecule has 1 aromatic heterocycles. The Hall–Kier alpha value is -1.59. The number of hydrogen-bond donors (Lipinski definition) is 1. The molecule has 0 radical (unpaired) electrons. The van der Waals surface area contributed by atoms with Crippen LogP contribution in [0.4, 0.5) is 0 Å². The van der Waals surface area contributed by atoms with Gasteiger partial charge in [-0.2, -0.15) is 5.10 Å². The predicted octanol–water partition coefficient (Wildman–Crippen LogP) is 1.56. The molecule has 0 aromatic carbocycles. The number of hydrogen-bond acceptors (Lipinski definition) is 4. The van der Waals surface area contributed by atoms with Crippen LogP contribution in [0.5, 0.6) is 0 Å². The van der Waals surface area contributed by atoms with E-state index in [0.29, 0.717) is 12.3 Å². The van der Waals surface area contributed by atoms with E-state index in [2.05, 4.69) is 14.9 Å². The molecule has 1 aliphatic carbocycles. The summed E-state index contributed by atoms with van der Waals surface area (Å²) in [6.45, 7) is 1.85. The molecule has 6 heteroatoms. The lowest BCUT2D eigenvalue weighted by Gasteiger charge is -2.28. The number of methoxy groups -OCH3 is 1. The van der Waals surface area contributed by atoms with Crippen molar-refractivity contribution in [3.8, 4) is 0 Å². The zero-order valence-electron chi connectivity index (χ0n) is 11.5. The van der Waals surface area contributed by atoms with Crippen LogP contribution in [0.2, 0.25) is 0 Å². The van der Waals surface area contributed by atoms with Gasteiger partial charge in [-0.1, -0.05) is 0 Å². The van der Waals surface area contributed by atoms with Gasteiger partial charge < -0.3 is 4.74 Å². The molecular formula is C13H21N3O3. The number of aromatic amines is 1. The van der Waals surface area contributed by atoms with Crippen LogP contribution in [-0.2, 0) is 9.53 Å². The minimum atomic E-state index is -0.135. The van der Waals surface area contributed by atoms with Crippen molar-refractivity contribution in [3.63, 3.8) is 0 Å². The van der Waals surface area contributed by atoms with Gasteiger partial charge >= 0.3 is 11.7 Å². The summed E-state index contributed by atoms with van der Waals surface area (Å²) in [5, 5.41) is 6.43. The molecule has 0 amide bonds. The molecule has 1 aliphatic rings. The minimum Gasteiger partial charge on any atom is -0.469 e. The second-order valence-corrected chi connectivity index (χ2v) is 5.24. The summed E-state index contributed by atoms with van der Waals surface area (Å²) in [5.41, 5.74) is -0.115. The van der Waals surface area contributed by atoms with Crippen molar-refractivity contribution in [2.75, 3.05) is 7.11 Å². The van der Waals surface area contributed by atoms with E-state index in [1.807, 2.05) is 6.92 Å². The maximum Gasteiger partial charge on any atom is 0.343 e. The average molecular weight is 267 g/mol. The topological polar surface area (TPSA) is 77.0 Å². The molecule has 1 heterocycles. The summed E-state index contributed by atoms with van der Waals surface area (Å²) in [7, 11) is 1.42. The van der Waals surface area contributed by atoms with Crippen molar-refractivity contribution >= 4 is 5.97 Å². The van der Waals surface area contributed by atoms with Crippen LogP contribution in [0, 0.1) is 12.8 Å². The number of rotatable bonds is 4. The van der Waals surface area contributed by atoms with Gasteiger partial charge in [0.1, 0.15) is 5.82 Å². The SMILES string of the molecule is COC(=O)CCC1CCC(n2c(C)n[nH]c2=O)CC1. The Labute approximate surface area is 112 Å². The van der Waals surface area contributed by atoms with Crippen LogP contribution in [-0.4, -0.2) is 27.8 Å². The minimum absolute atomic E-state index is 0.115. The van der Waals surface area contributed by atoms with Crippen molar-refractivity contribution in [3.05, 3.63) is 16.3 Å². The van der Waals surface area contributed by atoms with Crippen LogP contribution < -0.4 is 5.69 Å². The van der Waals surface area contributed by atoms with Crippen LogP contribution in [0.25, 0.3) is 0 Å². The third kappa shape index (κ3) is 3.24. The van der Waals surface area contributed by atoms with Crippen molar-refractivity contribution in [1.29, 1.82) is 0 Å². The van der Waals surface area contributed by atoms with E-state index >= 15 is 0 Å². The van der Waals surface area contributed by atoms with Gasteiger partial charge in [-0.25, -0.2) is 9.89 Å². The lowest BCUT2D eigenvalue weighted by atomic mass is 9.83. The smallest absolute Gasteiger partial charge is 0.343 e. The number of nitrogens with one attached hydrogen (secondary N) is 1. The van der Waals surface area contributed by atoms with Crippen LogP contribution in [0.3, 0.4) is 0 Å². The highest BCUT2D eigenvalue weighted by Gasteiger charge is 2.25. The normalized spacial score (nSPS) is 23.3. The Morgan fingerprint density at radius 2 is 2.11 bits per heavy atom. The summed E-state index contributed by atoms with van der Waals surface area (Å²) in [6, 6.07) is 0.251. The molecule has 1 N–H and O–H groups in total. The highest BCUT2D eigenvalue weighted by atomic mass is 16.5. The summed E-state index contributed by atoms with van der Waals surface area (Å²) in [5.74, 6) is 1.19. The van der Waals surface area contributed by atoms with Gasteiger partial charge in [0.2, 0.25) is 0 Å². The number of carbonyl (C=O) groups is 1. The first-order valence-corrected chi connectivity index (χ1v) is 6.82. The Morgan fingerprint density at radius 3 is 2.63 bits per heavy atom. The Balaban J connectivity index is 1.86. The lowest BCUT2D eigenvalue weighted by molar-refractivity contribution is -0.141. The monoisotopic (exact) mass is 267 g/mol. The second kappa shape index (κ2) is 6.04. The first-order chi connectivity index (χ1) is 9.11. The average Bonchev–Trinajstić information content (AvgIpc) is 2.76. The largest absolute Gasteiger partial charge is 0.469 e. The fraction of sp³-hybridized carbons (Fsp3) is 0.769. The number of aromatic nitrogens is 3. The number of nitrogens with zero attached hydrogens (tertiary/aromatic N) is 2. The molecule has 2 rings (SSSR count). The second-order valence-electron chi connectivity index (χ2n) is 5.24. The van der Waals surface area contributed by atoms with Gasteiger partial charge in [0.15, 0.2) is 0 Å². The molecule has 0 spiro atoms. The zero-order valence-corrected chi connectivity index (χ0v) is 11.5. The molecule has 19 heavy (non-hydrogen) atoms. The maximum atomic E-state index is 11.7. The van der Waals surface area contributed by atoms with Gasteiger partial charge in [-0.05, 0) is 44.9 Å². The van der Waals surface area contributed by atoms with Crippen molar-refractivity contribution in [1.82, 2.24) is 14.8 Å². The molecule has 0 unspecified atom stereocenters. The highest BCUT2D eigenvalue weighted by molar-refractivity contribution is 5.69. The van der Waals surface area contributed by atoms with Gasteiger partial charge in [0.05, 0.1) is 7.11 Å². The van der Waals surface area contributed by atoms with E-state index in [9.17, 15) is 9.59 Å². The van der Waals surface area contributed by atoms with Crippen molar-refractivity contribution in [2.45, 2.75) is 51.5 Å². The Bertz CT molecular complexity index is 484. The summed E-state index contributed by atoms with van der Waals surface area (Å²) >= 11 is 0. The molecule has 6 nitrogen and oxygen atoms in total. The van der Waals surface area contributed by atoms with E-state index < -0.39 is 0 Å². The summed E-state index contributed by atoms with van der Waals surface area (Å²) in [4.78, 5) is 22.8. The third-order valence-electron chi connectivity index (χ3n) is 4.05. The summed E-state index contributed by atoms with van der Waals surface area (Å²) < 4.78 is 6.42. The summed E-state index contributed by atoms with van der Waals surface area (Å²) in [6.07, 6.45) is 5.45. The Kier molecular flexibility index (Phi) is 4.39. The molecule has 0 atom stereocenters. The Morgan fingerprint density at radius 1 is 1.42 bits per heavy atom. The van der Waals surface area contributed by atoms with Crippen molar-refractivity contribution < 1.29 is 9.53 Å². The zero-order chi connectivity index (χ0) is 13.8. The number of esters is 1. The number of carbonyl (C=O) groups excluding carboxylic acids is 1. The molecule has 106 valence electrons. The highest BCUT2D eigenvalue weighted by Crippen LogP contribution is 2.34. The van der Waals surface area contributed by atoms with Crippen molar-refractivity contribution in [2.24, 2.45) is 5.92 Å². The van der Waals surface area contributed by atoms with E-state index in [-0.39, 0.29) is 17.7 Å². The van der Waals surface area contributed by atoms with E-state index in [1.54, 1.807) is 4.57 Å². The first-order valence-electron chi connectivity index (χ1n) is 6.82. The molecule has 1 aromatic rings. The van der Waals surface area contributed by atoms with E-state index in [1.165, 1.54) is 7.11 Å². The fourth-order valence-corrected chi connectivity index (χ4v) is 2.93. The fourth-order valence-electron chi connectivity index (χ4n) is 2.93.